The highest BCUT2D eigenvalue weighted by molar-refractivity contribution is 7.08. The van der Waals surface area contributed by atoms with Gasteiger partial charge in [-0.05, 0) is 29.6 Å². The SMILES string of the molecule is C#Cc1cccc(NC(=O)CN(C)C(=O)CCc2nc(-c3ccsc3)no2)c1. The first-order valence-corrected chi connectivity index (χ1v) is 9.45. The minimum atomic E-state index is -0.303. The fourth-order valence-corrected chi connectivity index (χ4v) is 3.10. The fourth-order valence-electron chi connectivity index (χ4n) is 2.46. The van der Waals surface area contributed by atoms with Crippen LogP contribution in [-0.2, 0) is 16.0 Å². The molecule has 0 atom stereocenters. The predicted molar refractivity (Wildman–Crippen MR) is 107 cm³/mol. The average molecular weight is 394 g/mol. The molecule has 2 amide bonds. The summed E-state index contributed by atoms with van der Waals surface area (Å²) in [4.78, 5) is 30.0. The normalized spacial score (nSPS) is 10.3. The summed E-state index contributed by atoms with van der Waals surface area (Å²) in [5.41, 5.74) is 2.14. The topological polar surface area (TPSA) is 88.3 Å². The summed E-state index contributed by atoms with van der Waals surface area (Å²) in [5, 5.41) is 10.5. The zero-order valence-electron chi connectivity index (χ0n) is 15.2. The van der Waals surface area contributed by atoms with Gasteiger partial charge < -0.3 is 14.7 Å². The Morgan fingerprint density at radius 2 is 2.21 bits per heavy atom. The average Bonchev–Trinajstić information content (AvgIpc) is 3.37. The zero-order chi connectivity index (χ0) is 19.9. The van der Waals surface area contributed by atoms with Gasteiger partial charge in [-0.25, -0.2) is 0 Å². The van der Waals surface area contributed by atoms with E-state index in [1.807, 2.05) is 16.8 Å². The van der Waals surface area contributed by atoms with Gasteiger partial charge in [-0.15, -0.1) is 6.42 Å². The molecule has 1 aromatic carbocycles. The second-order valence-corrected chi connectivity index (χ2v) is 6.83. The third-order valence-corrected chi connectivity index (χ3v) is 4.60. The number of thiophene rings is 1. The maximum atomic E-state index is 12.3. The zero-order valence-corrected chi connectivity index (χ0v) is 16.0. The van der Waals surface area contributed by atoms with E-state index in [0.29, 0.717) is 29.4 Å². The van der Waals surface area contributed by atoms with Gasteiger partial charge in [0.05, 0.1) is 6.54 Å². The van der Waals surface area contributed by atoms with E-state index in [9.17, 15) is 9.59 Å². The number of likely N-dealkylation sites (N-methyl/N-ethyl adjacent to an activating group) is 1. The first-order valence-electron chi connectivity index (χ1n) is 8.51. The number of carbonyl (C=O) groups excluding carboxylic acids is 2. The van der Waals surface area contributed by atoms with Gasteiger partial charge >= 0.3 is 0 Å². The van der Waals surface area contributed by atoms with Crippen molar-refractivity contribution in [1.82, 2.24) is 15.0 Å². The highest BCUT2D eigenvalue weighted by Crippen LogP contribution is 2.19. The predicted octanol–water partition coefficient (Wildman–Crippen LogP) is 2.81. The van der Waals surface area contributed by atoms with Crippen molar-refractivity contribution >= 4 is 28.8 Å². The lowest BCUT2D eigenvalue weighted by Gasteiger charge is -2.16. The molecule has 0 aliphatic rings. The summed E-state index contributed by atoms with van der Waals surface area (Å²) in [6.07, 6.45) is 5.83. The number of nitrogens with one attached hydrogen (secondary N) is 1. The number of aromatic nitrogens is 2. The second kappa shape index (κ2) is 8.97. The second-order valence-electron chi connectivity index (χ2n) is 6.05. The minimum absolute atomic E-state index is 0.0664. The molecule has 2 aromatic heterocycles. The van der Waals surface area contributed by atoms with Gasteiger partial charge in [0.25, 0.3) is 0 Å². The molecule has 7 nitrogen and oxygen atoms in total. The molecule has 0 bridgehead atoms. The number of terminal acetylenes is 1. The first kappa shape index (κ1) is 19.3. The largest absolute Gasteiger partial charge is 0.339 e. The molecule has 3 aromatic rings. The Morgan fingerprint density at radius 1 is 1.36 bits per heavy atom. The van der Waals surface area contributed by atoms with Gasteiger partial charge in [-0.2, -0.15) is 16.3 Å². The van der Waals surface area contributed by atoms with Gasteiger partial charge in [-0.3, -0.25) is 9.59 Å². The molecule has 1 N–H and O–H groups in total. The first-order chi connectivity index (χ1) is 13.5. The molecule has 0 aliphatic heterocycles. The van der Waals surface area contributed by atoms with Crippen LogP contribution in [0.5, 0.6) is 0 Å². The molecule has 0 saturated heterocycles. The minimum Gasteiger partial charge on any atom is -0.339 e. The van der Waals surface area contributed by atoms with Crippen LogP contribution in [-0.4, -0.2) is 40.4 Å². The van der Waals surface area contributed by atoms with Gasteiger partial charge in [-0.1, -0.05) is 17.1 Å². The van der Waals surface area contributed by atoms with E-state index in [2.05, 4.69) is 21.4 Å². The van der Waals surface area contributed by atoms with Crippen molar-refractivity contribution in [1.29, 1.82) is 0 Å². The van der Waals surface area contributed by atoms with Crippen LogP contribution in [0.25, 0.3) is 11.4 Å². The Labute approximate surface area is 166 Å². The molecule has 3 rings (SSSR count). The lowest BCUT2D eigenvalue weighted by molar-refractivity contribution is -0.133. The maximum Gasteiger partial charge on any atom is 0.243 e. The number of hydrogen-bond acceptors (Lipinski definition) is 6. The van der Waals surface area contributed by atoms with Crippen LogP contribution in [0, 0.1) is 12.3 Å². The van der Waals surface area contributed by atoms with E-state index in [4.69, 9.17) is 10.9 Å². The Bertz CT molecular complexity index is 1000. The Hall–Kier alpha value is -3.44. The van der Waals surface area contributed by atoms with Crippen molar-refractivity contribution in [3.05, 3.63) is 52.5 Å². The van der Waals surface area contributed by atoms with Crippen molar-refractivity contribution in [2.45, 2.75) is 12.8 Å². The Balaban J connectivity index is 1.47. The number of amides is 2. The number of carbonyl (C=O) groups is 2. The molecule has 0 saturated carbocycles. The van der Waals surface area contributed by atoms with E-state index >= 15 is 0 Å². The number of rotatable bonds is 7. The number of anilines is 1. The van der Waals surface area contributed by atoms with Gasteiger partial charge in [0.2, 0.25) is 23.5 Å². The van der Waals surface area contributed by atoms with Crippen LogP contribution in [0.4, 0.5) is 5.69 Å². The highest BCUT2D eigenvalue weighted by Gasteiger charge is 2.16. The summed E-state index contributed by atoms with van der Waals surface area (Å²) < 4.78 is 5.18. The smallest absolute Gasteiger partial charge is 0.243 e. The van der Waals surface area contributed by atoms with Crippen LogP contribution in [0.15, 0.2) is 45.6 Å². The standard InChI is InChI=1S/C20H18N4O3S/c1-3-14-5-4-6-16(11-14)21-17(25)12-24(2)19(26)8-7-18-22-20(23-27-18)15-9-10-28-13-15/h1,4-6,9-11,13H,7-8,12H2,2H3,(H,21,25). The molecular formula is C20H18N4O3S. The summed E-state index contributed by atoms with van der Waals surface area (Å²) in [7, 11) is 1.57. The Kier molecular flexibility index (Phi) is 6.19. The van der Waals surface area contributed by atoms with Crippen molar-refractivity contribution in [2.75, 3.05) is 18.9 Å². The van der Waals surface area contributed by atoms with Crippen LogP contribution in [0.1, 0.15) is 17.9 Å². The molecule has 2 heterocycles. The molecule has 0 spiro atoms. The van der Waals surface area contributed by atoms with Gasteiger partial charge in [0.15, 0.2) is 0 Å². The van der Waals surface area contributed by atoms with Crippen LogP contribution >= 0.6 is 11.3 Å². The molecule has 0 aliphatic carbocycles. The van der Waals surface area contributed by atoms with Crippen LogP contribution in [0.2, 0.25) is 0 Å². The summed E-state index contributed by atoms with van der Waals surface area (Å²) in [6.45, 7) is -0.0664. The van der Waals surface area contributed by atoms with Gasteiger partial charge in [0.1, 0.15) is 0 Å². The lowest BCUT2D eigenvalue weighted by atomic mass is 10.2. The van der Waals surface area contributed by atoms with E-state index in [0.717, 1.165) is 5.56 Å². The number of hydrogen-bond donors (Lipinski definition) is 1. The number of benzene rings is 1. The number of aryl methyl sites for hydroxylation is 1. The lowest BCUT2D eigenvalue weighted by Crippen LogP contribution is -2.35. The molecular weight excluding hydrogens is 376 g/mol. The summed E-state index contributed by atoms with van der Waals surface area (Å²) >= 11 is 1.54. The summed E-state index contributed by atoms with van der Waals surface area (Å²) in [5.74, 6) is 2.90. The van der Waals surface area contributed by atoms with E-state index in [1.54, 1.807) is 42.6 Å². The summed E-state index contributed by atoms with van der Waals surface area (Å²) in [6, 6.07) is 8.86. The van der Waals surface area contributed by atoms with Crippen LogP contribution in [0.3, 0.4) is 0 Å². The van der Waals surface area contributed by atoms with Gasteiger partial charge in [0, 0.05) is 42.1 Å². The van der Waals surface area contributed by atoms with Crippen molar-refractivity contribution in [2.24, 2.45) is 0 Å². The molecule has 8 heteroatoms. The van der Waals surface area contributed by atoms with Crippen molar-refractivity contribution < 1.29 is 14.1 Å². The molecule has 142 valence electrons. The monoisotopic (exact) mass is 394 g/mol. The van der Waals surface area contributed by atoms with E-state index in [1.165, 1.54) is 4.90 Å². The van der Waals surface area contributed by atoms with Crippen molar-refractivity contribution in [3.8, 4) is 23.7 Å². The molecule has 0 fully saturated rings. The highest BCUT2D eigenvalue weighted by atomic mass is 32.1. The number of nitrogens with zero attached hydrogens (tertiary/aromatic N) is 3. The maximum absolute atomic E-state index is 12.3. The quantitative estimate of drug-likeness (QED) is 0.623. The van der Waals surface area contributed by atoms with Crippen molar-refractivity contribution in [3.63, 3.8) is 0 Å². The molecule has 0 radical (unpaired) electrons. The van der Waals surface area contributed by atoms with Crippen LogP contribution < -0.4 is 5.32 Å². The Morgan fingerprint density at radius 3 is 2.96 bits per heavy atom. The molecule has 28 heavy (non-hydrogen) atoms. The van der Waals surface area contributed by atoms with E-state index in [-0.39, 0.29) is 24.8 Å². The fraction of sp³-hybridized carbons (Fsp3) is 0.200. The third-order valence-electron chi connectivity index (χ3n) is 3.92. The third kappa shape index (κ3) is 5.05. The molecule has 0 unspecified atom stereocenters. The van der Waals surface area contributed by atoms with E-state index < -0.39 is 0 Å².